The second-order valence-electron chi connectivity index (χ2n) is 4.78. The Balaban J connectivity index is 2.51. The molecule has 19 heavy (non-hydrogen) atoms. The first kappa shape index (κ1) is 15.4. The third kappa shape index (κ3) is 5.23. The molecule has 0 aliphatic heterocycles. The Kier molecular flexibility index (Phi) is 5.72. The van der Waals surface area contributed by atoms with Crippen LogP contribution in [0.4, 0.5) is 11.5 Å². The van der Waals surface area contributed by atoms with Crippen LogP contribution in [0.5, 0.6) is 0 Å². The van der Waals surface area contributed by atoms with Crippen molar-refractivity contribution in [2.45, 2.75) is 26.0 Å². The molecule has 0 radical (unpaired) electrons. The maximum absolute atomic E-state index is 11.8. The van der Waals surface area contributed by atoms with E-state index in [9.17, 15) is 4.79 Å². The number of nitrogens with two attached hydrogens (primary N) is 1. The minimum Gasteiger partial charge on any atom is -0.377 e. The van der Waals surface area contributed by atoms with E-state index in [-0.39, 0.29) is 18.6 Å². The van der Waals surface area contributed by atoms with E-state index in [1.807, 2.05) is 38.9 Å². The molecule has 0 spiro atoms. The van der Waals surface area contributed by atoms with Gasteiger partial charge in [-0.25, -0.2) is 4.98 Å². The number of ether oxygens (including phenoxy) is 1. The maximum atomic E-state index is 11.8. The summed E-state index contributed by atoms with van der Waals surface area (Å²) in [5.74, 6) is 0.547. The van der Waals surface area contributed by atoms with Gasteiger partial charge >= 0.3 is 0 Å². The van der Waals surface area contributed by atoms with Gasteiger partial charge in [0, 0.05) is 14.1 Å². The molecule has 1 heterocycles. The number of anilines is 2. The van der Waals surface area contributed by atoms with E-state index in [4.69, 9.17) is 10.5 Å². The monoisotopic (exact) mass is 266 g/mol. The molecule has 6 heteroatoms. The lowest BCUT2D eigenvalue weighted by atomic mass is 10.3. The van der Waals surface area contributed by atoms with Gasteiger partial charge in [-0.05, 0) is 26.0 Å². The Morgan fingerprint density at radius 1 is 1.47 bits per heavy atom. The van der Waals surface area contributed by atoms with Crippen molar-refractivity contribution in [1.82, 2.24) is 4.98 Å². The SMILES string of the molecule is CC(C)OC[C@H](N)C(=O)Nc1ccc(N(C)C)nc1. The average Bonchev–Trinajstić information content (AvgIpc) is 2.36. The van der Waals surface area contributed by atoms with Crippen molar-refractivity contribution in [1.29, 1.82) is 0 Å². The van der Waals surface area contributed by atoms with Gasteiger partial charge in [0.25, 0.3) is 0 Å². The third-order valence-corrected chi connectivity index (χ3v) is 2.42. The summed E-state index contributed by atoms with van der Waals surface area (Å²) in [6, 6.07) is 2.93. The zero-order valence-corrected chi connectivity index (χ0v) is 11.9. The lowest BCUT2D eigenvalue weighted by Gasteiger charge is -2.15. The topological polar surface area (TPSA) is 80.5 Å². The Morgan fingerprint density at radius 2 is 2.16 bits per heavy atom. The van der Waals surface area contributed by atoms with Crippen LogP contribution in [0, 0.1) is 0 Å². The van der Waals surface area contributed by atoms with Gasteiger partial charge in [-0.2, -0.15) is 0 Å². The molecule has 1 aromatic rings. The summed E-state index contributed by atoms with van der Waals surface area (Å²) in [6.07, 6.45) is 1.66. The summed E-state index contributed by atoms with van der Waals surface area (Å²) in [5.41, 5.74) is 6.35. The standard InChI is InChI=1S/C13H22N4O2/c1-9(2)19-8-11(14)13(18)16-10-5-6-12(15-7-10)17(3)4/h5-7,9,11H,8,14H2,1-4H3,(H,16,18)/t11-/m0/s1. The van der Waals surface area contributed by atoms with Crippen molar-refractivity contribution >= 4 is 17.4 Å². The van der Waals surface area contributed by atoms with Crippen molar-refractivity contribution in [3.8, 4) is 0 Å². The van der Waals surface area contributed by atoms with E-state index in [1.165, 1.54) is 0 Å². The predicted octanol–water partition coefficient (Wildman–Crippen LogP) is 0.838. The highest BCUT2D eigenvalue weighted by atomic mass is 16.5. The van der Waals surface area contributed by atoms with Gasteiger partial charge in [0.2, 0.25) is 5.91 Å². The Hall–Kier alpha value is -1.66. The molecule has 0 aromatic carbocycles. The van der Waals surface area contributed by atoms with Crippen molar-refractivity contribution < 1.29 is 9.53 Å². The van der Waals surface area contributed by atoms with Crippen molar-refractivity contribution in [3.05, 3.63) is 18.3 Å². The van der Waals surface area contributed by atoms with E-state index in [1.54, 1.807) is 12.3 Å². The highest BCUT2D eigenvalue weighted by molar-refractivity contribution is 5.94. The first-order chi connectivity index (χ1) is 8.90. The molecule has 0 fully saturated rings. The van der Waals surface area contributed by atoms with E-state index in [0.29, 0.717) is 5.69 Å². The van der Waals surface area contributed by atoms with Crippen LogP contribution in [0.1, 0.15) is 13.8 Å². The van der Waals surface area contributed by atoms with E-state index >= 15 is 0 Å². The number of hydrogen-bond donors (Lipinski definition) is 2. The summed E-state index contributed by atoms with van der Waals surface area (Å²) < 4.78 is 5.30. The van der Waals surface area contributed by atoms with Gasteiger partial charge in [-0.15, -0.1) is 0 Å². The lowest BCUT2D eigenvalue weighted by Crippen LogP contribution is -2.40. The lowest BCUT2D eigenvalue weighted by molar-refractivity contribution is -0.119. The van der Waals surface area contributed by atoms with Crippen LogP contribution in [-0.2, 0) is 9.53 Å². The summed E-state index contributed by atoms with van der Waals surface area (Å²) in [6.45, 7) is 4.00. The number of nitrogens with zero attached hydrogens (tertiary/aromatic N) is 2. The Morgan fingerprint density at radius 3 is 2.63 bits per heavy atom. The van der Waals surface area contributed by atoms with E-state index in [0.717, 1.165) is 5.82 Å². The molecule has 1 rings (SSSR count). The van der Waals surface area contributed by atoms with Gasteiger partial charge in [-0.3, -0.25) is 4.79 Å². The Bertz CT molecular complexity index is 404. The zero-order chi connectivity index (χ0) is 14.4. The van der Waals surface area contributed by atoms with Gasteiger partial charge in [0.1, 0.15) is 11.9 Å². The van der Waals surface area contributed by atoms with Crippen LogP contribution < -0.4 is 16.0 Å². The molecule has 1 amide bonds. The smallest absolute Gasteiger partial charge is 0.243 e. The number of hydrogen-bond acceptors (Lipinski definition) is 5. The number of aromatic nitrogens is 1. The molecule has 0 saturated heterocycles. The molecule has 106 valence electrons. The fourth-order valence-electron chi connectivity index (χ4n) is 1.33. The minimum atomic E-state index is -0.684. The van der Waals surface area contributed by atoms with Gasteiger partial charge in [0.15, 0.2) is 0 Å². The number of amides is 1. The van der Waals surface area contributed by atoms with Crippen LogP contribution >= 0.6 is 0 Å². The number of rotatable bonds is 6. The first-order valence-corrected chi connectivity index (χ1v) is 6.21. The highest BCUT2D eigenvalue weighted by Crippen LogP contribution is 2.11. The number of carbonyl (C=O) groups excluding carboxylic acids is 1. The fourth-order valence-corrected chi connectivity index (χ4v) is 1.33. The fraction of sp³-hybridized carbons (Fsp3) is 0.538. The second-order valence-corrected chi connectivity index (χ2v) is 4.78. The second kappa shape index (κ2) is 7.06. The van der Waals surface area contributed by atoms with Crippen LogP contribution in [-0.4, -0.2) is 43.7 Å². The van der Waals surface area contributed by atoms with Gasteiger partial charge in [-0.1, -0.05) is 0 Å². The van der Waals surface area contributed by atoms with Crippen LogP contribution in [0.3, 0.4) is 0 Å². The molecular weight excluding hydrogens is 244 g/mol. The number of nitrogens with one attached hydrogen (secondary N) is 1. The van der Waals surface area contributed by atoms with Crippen molar-refractivity contribution in [2.24, 2.45) is 5.73 Å². The molecule has 0 aliphatic carbocycles. The minimum absolute atomic E-state index is 0.0555. The molecule has 3 N–H and O–H groups in total. The summed E-state index contributed by atoms with van der Waals surface area (Å²) >= 11 is 0. The van der Waals surface area contributed by atoms with E-state index in [2.05, 4.69) is 10.3 Å². The quantitative estimate of drug-likeness (QED) is 0.797. The molecule has 1 aromatic heterocycles. The summed E-state index contributed by atoms with van der Waals surface area (Å²) in [4.78, 5) is 17.9. The third-order valence-electron chi connectivity index (χ3n) is 2.42. The Labute approximate surface area is 113 Å². The molecule has 0 unspecified atom stereocenters. The van der Waals surface area contributed by atoms with Crippen LogP contribution in [0.25, 0.3) is 0 Å². The predicted molar refractivity (Wildman–Crippen MR) is 76.3 cm³/mol. The summed E-state index contributed by atoms with van der Waals surface area (Å²) in [7, 11) is 3.81. The molecule has 0 bridgehead atoms. The molecule has 0 saturated carbocycles. The highest BCUT2D eigenvalue weighted by Gasteiger charge is 2.14. The molecule has 1 atom stereocenters. The first-order valence-electron chi connectivity index (χ1n) is 6.21. The molecule has 0 aliphatic rings. The maximum Gasteiger partial charge on any atom is 0.243 e. The van der Waals surface area contributed by atoms with Crippen LogP contribution in [0.15, 0.2) is 18.3 Å². The molecule has 6 nitrogen and oxygen atoms in total. The molecular formula is C13H22N4O2. The average molecular weight is 266 g/mol. The van der Waals surface area contributed by atoms with Crippen molar-refractivity contribution in [3.63, 3.8) is 0 Å². The number of carbonyl (C=O) groups is 1. The summed E-state index contributed by atoms with van der Waals surface area (Å²) in [5, 5.41) is 2.71. The van der Waals surface area contributed by atoms with E-state index < -0.39 is 6.04 Å². The largest absolute Gasteiger partial charge is 0.377 e. The normalized spacial score (nSPS) is 12.3. The van der Waals surface area contributed by atoms with Gasteiger partial charge < -0.3 is 20.7 Å². The van der Waals surface area contributed by atoms with Gasteiger partial charge in [0.05, 0.1) is 24.6 Å². The van der Waals surface area contributed by atoms with Crippen molar-refractivity contribution in [2.75, 3.05) is 30.9 Å². The zero-order valence-electron chi connectivity index (χ0n) is 11.9. The number of pyridine rings is 1. The van der Waals surface area contributed by atoms with Crippen LogP contribution in [0.2, 0.25) is 0 Å².